The van der Waals surface area contributed by atoms with Crippen LogP contribution in [0.4, 0.5) is 8.78 Å². The maximum Gasteiger partial charge on any atom is 0.325 e. The molecule has 7 nitrogen and oxygen atoms in total. The van der Waals surface area contributed by atoms with E-state index in [4.69, 9.17) is 18.3 Å². The average Bonchev–Trinajstić information content (AvgIpc) is 3.14. The molecule has 0 aliphatic carbocycles. The van der Waals surface area contributed by atoms with Crippen LogP contribution in [0.15, 0.2) is 4.52 Å². The van der Waals surface area contributed by atoms with Gasteiger partial charge >= 0.3 is 11.9 Å². The fourth-order valence-electron chi connectivity index (χ4n) is 2.80. The minimum Gasteiger partial charge on any atom is -0.459 e. The van der Waals surface area contributed by atoms with E-state index in [0.29, 0.717) is 19.6 Å². The highest BCUT2D eigenvalue weighted by molar-refractivity contribution is 7.49. The number of aromatic nitrogens is 2. The fourth-order valence-corrected chi connectivity index (χ4v) is 4.28. The van der Waals surface area contributed by atoms with Crippen molar-refractivity contribution >= 4 is 14.3 Å². The minimum atomic E-state index is -3.20. The molecule has 0 saturated carbocycles. The summed E-state index contributed by atoms with van der Waals surface area (Å²) in [5.74, 6) is -4.47. The smallest absolute Gasteiger partial charge is 0.325 e. The Morgan fingerprint density at radius 2 is 1.68 bits per heavy atom. The molecule has 1 aromatic heterocycles. The summed E-state index contributed by atoms with van der Waals surface area (Å²) >= 11 is 0. The van der Waals surface area contributed by atoms with E-state index in [1.807, 2.05) is 0 Å². The number of hydrogen-bond donors (Lipinski definition) is 0. The topological polar surface area (TPSA) is 83.7 Å². The van der Waals surface area contributed by atoms with E-state index in [2.05, 4.69) is 17.1 Å². The van der Waals surface area contributed by atoms with Gasteiger partial charge in [-0.25, -0.2) is 0 Å². The van der Waals surface area contributed by atoms with E-state index in [-0.39, 0.29) is 18.7 Å². The largest absolute Gasteiger partial charge is 0.459 e. The predicted octanol–water partition coefficient (Wildman–Crippen LogP) is 6.16. The highest BCUT2D eigenvalue weighted by atomic mass is 31.2. The number of alkyl halides is 2. The van der Waals surface area contributed by atoms with Gasteiger partial charge in [-0.05, 0) is 41.0 Å². The van der Waals surface area contributed by atoms with Crippen LogP contribution in [0, 0.1) is 0 Å². The summed E-state index contributed by atoms with van der Waals surface area (Å²) in [6.07, 6.45) is 3.70. The van der Waals surface area contributed by atoms with Gasteiger partial charge in [-0.2, -0.15) is 13.8 Å². The Bertz CT molecular complexity index is 646. The summed E-state index contributed by atoms with van der Waals surface area (Å²) in [5.41, 5.74) is -1.58. The Morgan fingerprint density at radius 3 is 2.23 bits per heavy atom. The number of carbonyl (C=O) groups excluding carboxylic acids is 1. The lowest BCUT2D eigenvalue weighted by Gasteiger charge is -2.27. The van der Waals surface area contributed by atoms with Gasteiger partial charge in [-0.3, -0.25) is 4.79 Å². The molecule has 0 N–H and O–H groups in total. The van der Waals surface area contributed by atoms with E-state index in [0.717, 1.165) is 25.7 Å². The van der Waals surface area contributed by atoms with Crippen molar-refractivity contribution in [2.45, 2.75) is 104 Å². The van der Waals surface area contributed by atoms with Gasteiger partial charge in [0.05, 0.1) is 13.2 Å². The second-order valence-electron chi connectivity index (χ2n) is 8.26. The molecular formula is C21H37F2N2O5P. The van der Waals surface area contributed by atoms with Crippen LogP contribution >= 0.6 is 8.38 Å². The molecule has 1 aromatic rings. The molecule has 0 radical (unpaired) electrons. The lowest BCUT2D eigenvalue weighted by molar-refractivity contribution is -0.154. The number of ether oxygens (including phenoxy) is 1. The molecule has 0 saturated heterocycles. The minimum absolute atomic E-state index is 0.00317. The van der Waals surface area contributed by atoms with Crippen molar-refractivity contribution in [2.24, 2.45) is 0 Å². The second kappa shape index (κ2) is 13.4. The number of unbranched alkanes of at least 4 members (excludes halogenated alkanes) is 4. The molecular weight excluding hydrogens is 429 g/mol. The van der Waals surface area contributed by atoms with Crippen LogP contribution in [0.1, 0.15) is 91.8 Å². The summed E-state index contributed by atoms with van der Waals surface area (Å²) in [6, 6.07) is 0. The molecule has 1 unspecified atom stereocenters. The number of esters is 1. The SMILES string of the molecule is CCCCCCCC(F)(F)c1nc(CC(C(=O)OC(C)(C)C)P(OCC)OCC)no1. The lowest BCUT2D eigenvalue weighted by atomic mass is 10.1. The molecule has 1 heterocycles. The van der Waals surface area contributed by atoms with Gasteiger partial charge in [0, 0.05) is 12.8 Å². The molecule has 0 aromatic carbocycles. The summed E-state index contributed by atoms with van der Waals surface area (Å²) < 4.78 is 50.5. The number of carbonyl (C=O) groups is 1. The molecule has 0 fully saturated rings. The zero-order chi connectivity index (χ0) is 23.5. The van der Waals surface area contributed by atoms with Crippen LogP contribution in [-0.4, -0.2) is 40.6 Å². The third-order valence-electron chi connectivity index (χ3n) is 4.20. The van der Waals surface area contributed by atoms with Gasteiger partial charge in [-0.1, -0.05) is 37.8 Å². The van der Waals surface area contributed by atoms with Crippen molar-refractivity contribution in [1.82, 2.24) is 10.1 Å². The van der Waals surface area contributed by atoms with Crippen molar-refractivity contribution in [3.05, 3.63) is 11.7 Å². The van der Waals surface area contributed by atoms with Crippen molar-refractivity contribution < 1.29 is 31.9 Å². The fraction of sp³-hybridized carbons (Fsp3) is 0.857. The number of hydrogen-bond acceptors (Lipinski definition) is 7. The first-order valence-electron chi connectivity index (χ1n) is 11.0. The Kier molecular flexibility index (Phi) is 12.0. The first kappa shape index (κ1) is 27.9. The van der Waals surface area contributed by atoms with Crippen molar-refractivity contribution in [3.63, 3.8) is 0 Å². The Morgan fingerprint density at radius 1 is 1.06 bits per heavy atom. The highest BCUT2D eigenvalue weighted by Gasteiger charge is 2.40. The Labute approximate surface area is 185 Å². The molecule has 31 heavy (non-hydrogen) atoms. The summed E-state index contributed by atoms with van der Waals surface area (Å²) in [5, 5.41) is 3.69. The summed E-state index contributed by atoms with van der Waals surface area (Å²) in [7, 11) is -1.66. The van der Waals surface area contributed by atoms with E-state index in [9.17, 15) is 13.6 Å². The Hall–Kier alpha value is -1.18. The zero-order valence-corrected chi connectivity index (χ0v) is 20.5. The monoisotopic (exact) mass is 466 g/mol. The van der Waals surface area contributed by atoms with Crippen LogP contribution in [-0.2, 0) is 30.9 Å². The summed E-state index contributed by atoms with van der Waals surface area (Å²) in [6.45, 7) is 11.6. The molecule has 180 valence electrons. The van der Waals surface area contributed by atoms with Gasteiger partial charge in [0.1, 0.15) is 11.3 Å². The molecule has 0 spiro atoms. The van der Waals surface area contributed by atoms with Gasteiger partial charge in [0.25, 0.3) is 5.89 Å². The average molecular weight is 467 g/mol. The third-order valence-corrected chi connectivity index (χ3v) is 6.12. The molecule has 1 rings (SSSR count). The number of rotatable bonds is 15. The second-order valence-corrected chi connectivity index (χ2v) is 9.97. The Balaban J connectivity index is 2.92. The van der Waals surface area contributed by atoms with E-state index in [1.165, 1.54) is 0 Å². The predicted molar refractivity (Wildman–Crippen MR) is 115 cm³/mol. The quantitative estimate of drug-likeness (QED) is 0.174. The molecule has 0 aliphatic rings. The molecule has 0 amide bonds. The summed E-state index contributed by atoms with van der Waals surface area (Å²) in [4.78, 5) is 16.7. The lowest BCUT2D eigenvalue weighted by Crippen LogP contribution is -2.33. The molecule has 10 heteroatoms. The molecule has 1 atom stereocenters. The van der Waals surface area contributed by atoms with Gasteiger partial charge in [-0.15, -0.1) is 0 Å². The first-order valence-corrected chi connectivity index (χ1v) is 12.3. The van der Waals surface area contributed by atoms with Crippen molar-refractivity contribution in [2.75, 3.05) is 13.2 Å². The standard InChI is InChI=1S/C21H37F2N2O5P/c1-7-10-11-12-13-14-21(22,23)19-24-17(25-30-19)15-16(18(26)29-20(4,5)6)31(27-8-2)28-9-3/h16H,7-15H2,1-6H3. The molecule has 0 aliphatic heterocycles. The van der Waals surface area contributed by atoms with Gasteiger partial charge < -0.3 is 18.3 Å². The van der Waals surface area contributed by atoms with E-state index >= 15 is 0 Å². The molecule has 0 bridgehead atoms. The van der Waals surface area contributed by atoms with Gasteiger partial charge in [0.2, 0.25) is 0 Å². The maximum absolute atomic E-state index is 14.5. The van der Waals surface area contributed by atoms with Crippen LogP contribution < -0.4 is 0 Å². The van der Waals surface area contributed by atoms with Crippen molar-refractivity contribution in [3.8, 4) is 0 Å². The first-order chi connectivity index (χ1) is 14.5. The zero-order valence-electron chi connectivity index (χ0n) is 19.6. The van der Waals surface area contributed by atoms with E-state index < -0.39 is 37.4 Å². The highest BCUT2D eigenvalue weighted by Crippen LogP contribution is 2.46. The van der Waals surface area contributed by atoms with Crippen LogP contribution in [0.25, 0.3) is 0 Å². The van der Waals surface area contributed by atoms with Crippen LogP contribution in [0.5, 0.6) is 0 Å². The third kappa shape index (κ3) is 10.3. The van der Waals surface area contributed by atoms with Crippen molar-refractivity contribution in [1.29, 1.82) is 0 Å². The number of halogens is 2. The normalized spacial score (nSPS) is 13.6. The van der Waals surface area contributed by atoms with E-state index in [1.54, 1.807) is 34.6 Å². The number of nitrogens with zero attached hydrogens (tertiary/aromatic N) is 2. The maximum atomic E-state index is 14.5. The van der Waals surface area contributed by atoms with Crippen LogP contribution in [0.3, 0.4) is 0 Å². The van der Waals surface area contributed by atoms with Crippen LogP contribution in [0.2, 0.25) is 0 Å². The van der Waals surface area contributed by atoms with Gasteiger partial charge in [0.15, 0.2) is 14.2 Å².